The van der Waals surface area contributed by atoms with Crippen LogP contribution in [0.4, 0.5) is 0 Å². The third-order valence-corrected chi connectivity index (χ3v) is 4.08. The van der Waals surface area contributed by atoms with E-state index in [2.05, 4.69) is 4.98 Å². The first-order valence-corrected chi connectivity index (χ1v) is 7.95. The van der Waals surface area contributed by atoms with E-state index in [1.54, 1.807) is 25.1 Å². The highest BCUT2D eigenvalue weighted by Gasteiger charge is 2.18. The van der Waals surface area contributed by atoms with Gasteiger partial charge in [-0.2, -0.15) is 0 Å². The quantitative estimate of drug-likeness (QED) is 0.728. The number of pyridine rings is 1. The van der Waals surface area contributed by atoms with Crippen molar-refractivity contribution in [1.29, 1.82) is 0 Å². The Balaban J connectivity index is 2.23. The van der Waals surface area contributed by atoms with Crippen molar-refractivity contribution in [1.82, 2.24) is 4.98 Å². The molecular formula is C19H16ClNO3. The van der Waals surface area contributed by atoms with E-state index in [0.717, 1.165) is 11.3 Å². The van der Waals surface area contributed by atoms with Crippen LogP contribution in [0.25, 0.3) is 22.2 Å². The summed E-state index contributed by atoms with van der Waals surface area (Å²) in [6.07, 6.45) is 0. The van der Waals surface area contributed by atoms with Gasteiger partial charge in [-0.1, -0.05) is 17.7 Å². The summed E-state index contributed by atoms with van der Waals surface area (Å²) < 4.78 is 5.44. The van der Waals surface area contributed by atoms with E-state index >= 15 is 0 Å². The van der Waals surface area contributed by atoms with Crippen LogP contribution in [0.3, 0.4) is 0 Å². The molecule has 0 aliphatic rings. The zero-order valence-corrected chi connectivity index (χ0v) is 14.1. The summed E-state index contributed by atoms with van der Waals surface area (Å²) in [5.74, 6) is -0.212. The first-order chi connectivity index (χ1) is 11.5. The van der Waals surface area contributed by atoms with E-state index in [1.165, 1.54) is 0 Å². The van der Waals surface area contributed by atoms with Crippen LogP contribution in [0.2, 0.25) is 5.02 Å². The molecule has 3 aromatic rings. The third-order valence-electron chi connectivity index (χ3n) is 3.84. The molecule has 2 aromatic carbocycles. The predicted molar refractivity (Wildman–Crippen MR) is 95.1 cm³/mol. The van der Waals surface area contributed by atoms with Gasteiger partial charge in [-0.05, 0) is 55.8 Å². The molecule has 1 N–H and O–H groups in total. The molecule has 0 saturated carbocycles. The third kappa shape index (κ3) is 2.93. The topological polar surface area (TPSA) is 59.4 Å². The van der Waals surface area contributed by atoms with Crippen LogP contribution in [0.1, 0.15) is 22.8 Å². The zero-order chi connectivity index (χ0) is 17.3. The first-order valence-electron chi connectivity index (χ1n) is 7.57. The number of fused-ring (bicyclic) bond motifs is 1. The van der Waals surface area contributed by atoms with Gasteiger partial charge in [0.25, 0.3) is 0 Å². The van der Waals surface area contributed by atoms with E-state index in [0.29, 0.717) is 33.8 Å². The predicted octanol–water partition coefficient (Wildman–Crippen LogP) is 4.96. The second-order valence-electron chi connectivity index (χ2n) is 5.38. The number of aromatic nitrogens is 1. The van der Waals surface area contributed by atoms with Gasteiger partial charge in [0.15, 0.2) is 0 Å². The molecule has 0 spiro atoms. The van der Waals surface area contributed by atoms with E-state index < -0.39 is 5.97 Å². The molecule has 4 nitrogen and oxygen atoms in total. The van der Waals surface area contributed by atoms with Crippen LogP contribution in [-0.4, -0.2) is 22.7 Å². The smallest absolute Gasteiger partial charge is 0.336 e. The van der Waals surface area contributed by atoms with Crippen molar-refractivity contribution >= 4 is 28.5 Å². The fourth-order valence-corrected chi connectivity index (χ4v) is 2.93. The van der Waals surface area contributed by atoms with E-state index in [4.69, 9.17) is 16.3 Å². The highest BCUT2D eigenvalue weighted by molar-refractivity contribution is 6.31. The number of nitrogens with zero attached hydrogens (tertiary/aromatic N) is 1. The zero-order valence-electron chi connectivity index (χ0n) is 13.3. The summed E-state index contributed by atoms with van der Waals surface area (Å²) >= 11 is 6.04. The van der Waals surface area contributed by atoms with Crippen LogP contribution in [0, 0.1) is 6.92 Å². The molecule has 24 heavy (non-hydrogen) atoms. The molecule has 0 saturated heterocycles. The lowest BCUT2D eigenvalue weighted by Crippen LogP contribution is -2.05. The standard InChI is InChI=1S/C19H16ClNO3/c1-3-24-14-7-4-12(5-8-14)18-11(2)17(19(22)23)15-9-6-13(20)10-16(15)21-18/h4-10H,3H2,1-2H3,(H,22,23). The summed E-state index contributed by atoms with van der Waals surface area (Å²) in [7, 11) is 0. The van der Waals surface area contributed by atoms with Crippen molar-refractivity contribution < 1.29 is 14.6 Å². The fraction of sp³-hybridized carbons (Fsp3) is 0.158. The van der Waals surface area contributed by atoms with Crippen molar-refractivity contribution in [3.63, 3.8) is 0 Å². The molecule has 3 rings (SSSR count). The number of carbonyl (C=O) groups is 1. The Hall–Kier alpha value is -2.59. The summed E-state index contributed by atoms with van der Waals surface area (Å²) in [5.41, 5.74) is 2.90. The van der Waals surface area contributed by atoms with Gasteiger partial charge >= 0.3 is 5.97 Å². The van der Waals surface area contributed by atoms with Gasteiger partial charge in [0.2, 0.25) is 0 Å². The highest BCUT2D eigenvalue weighted by Crippen LogP contribution is 2.31. The maximum atomic E-state index is 11.8. The Morgan fingerprint density at radius 1 is 1.21 bits per heavy atom. The van der Waals surface area contributed by atoms with E-state index in [-0.39, 0.29) is 5.56 Å². The molecule has 0 atom stereocenters. The normalized spacial score (nSPS) is 10.8. The molecule has 1 aromatic heterocycles. The summed E-state index contributed by atoms with van der Waals surface area (Å²) in [4.78, 5) is 16.4. The van der Waals surface area contributed by atoms with Crippen molar-refractivity contribution in [2.45, 2.75) is 13.8 Å². The van der Waals surface area contributed by atoms with Gasteiger partial charge in [0, 0.05) is 16.0 Å². The van der Waals surface area contributed by atoms with Crippen molar-refractivity contribution in [3.05, 3.63) is 58.6 Å². The Labute approximate surface area is 144 Å². The van der Waals surface area contributed by atoms with E-state index in [9.17, 15) is 9.90 Å². The lowest BCUT2D eigenvalue weighted by molar-refractivity contribution is 0.0698. The second kappa shape index (κ2) is 6.49. The first kappa shape index (κ1) is 16.3. The molecule has 1 heterocycles. The van der Waals surface area contributed by atoms with Gasteiger partial charge in [-0.3, -0.25) is 0 Å². The molecule has 5 heteroatoms. The summed E-state index contributed by atoms with van der Waals surface area (Å²) in [5, 5.41) is 10.7. The monoisotopic (exact) mass is 341 g/mol. The molecule has 0 unspecified atom stereocenters. The fourth-order valence-electron chi connectivity index (χ4n) is 2.77. The minimum absolute atomic E-state index is 0.251. The van der Waals surface area contributed by atoms with Crippen LogP contribution >= 0.6 is 11.6 Å². The second-order valence-corrected chi connectivity index (χ2v) is 5.82. The number of carboxylic acid groups (broad SMARTS) is 1. The number of benzene rings is 2. The lowest BCUT2D eigenvalue weighted by atomic mass is 9.98. The Kier molecular flexibility index (Phi) is 4.40. The van der Waals surface area contributed by atoms with Crippen LogP contribution < -0.4 is 4.74 Å². The molecule has 0 amide bonds. The van der Waals surface area contributed by atoms with Crippen molar-refractivity contribution in [2.75, 3.05) is 6.61 Å². The van der Waals surface area contributed by atoms with Gasteiger partial charge in [0.05, 0.1) is 23.4 Å². The largest absolute Gasteiger partial charge is 0.494 e. The summed E-state index contributed by atoms with van der Waals surface area (Å²) in [6, 6.07) is 12.5. The maximum absolute atomic E-state index is 11.8. The van der Waals surface area contributed by atoms with Crippen LogP contribution in [0.15, 0.2) is 42.5 Å². The van der Waals surface area contributed by atoms with Crippen molar-refractivity contribution in [3.8, 4) is 17.0 Å². The maximum Gasteiger partial charge on any atom is 0.336 e. The highest BCUT2D eigenvalue weighted by atomic mass is 35.5. The molecular weight excluding hydrogens is 326 g/mol. The Morgan fingerprint density at radius 3 is 2.54 bits per heavy atom. The molecule has 122 valence electrons. The molecule has 0 radical (unpaired) electrons. The number of hydrogen-bond acceptors (Lipinski definition) is 3. The lowest BCUT2D eigenvalue weighted by Gasteiger charge is -2.13. The van der Waals surface area contributed by atoms with Gasteiger partial charge < -0.3 is 9.84 Å². The molecule has 0 aliphatic heterocycles. The summed E-state index contributed by atoms with van der Waals surface area (Å²) in [6.45, 7) is 4.29. The SMILES string of the molecule is CCOc1ccc(-c2nc3cc(Cl)ccc3c(C(=O)O)c2C)cc1. The number of ether oxygens (including phenoxy) is 1. The number of hydrogen-bond donors (Lipinski definition) is 1. The molecule has 0 fully saturated rings. The number of rotatable bonds is 4. The van der Waals surface area contributed by atoms with Gasteiger partial charge in [-0.15, -0.1) is 0 Å². The Bertz CT molecular complexity index is 920. The number of carboxylic acids is 1. The average Bonchev–Trinajstić information content (AvgIpc) is 2.55. The van der Waals surface area contributed by atoms with Crippen LogP contribution in [0.5, 0.6) is 5.75 Å². The number of aromatic carboxylic acids is 1. The Morgan fingerprint density at radius 2 is 1.92 bits per heavy atom. The minimum atomic E-state index is -0.977. The molecule has 0 aliphatic carbocycles. The van der Waals surface area contributed by atoms with E-state index in [1.807, 2.05) is 31.2 Å². The number of halogens is 1. The van der Waals surface area contributed by atoms with Gasteiger partial charge in [-0.25, -0.2) is 9.78 Å². The molecule has 0 bridgehead atoms. The minimum Gasteiger partial charge on any atom is -0.494 e. The van der Waals surface area contributed by atoms with Crippen LogP contribution in [-0.2, 0) is 0 Å². The van der Waals surface area contributed by atoms with Crippen molar-refractivity contribution in [2.24, 2.45) is 0 Å². The van der Waals surface area contributed by atoms with Gasteiger partial charge in [0.1, 0.15) is 5.75 Å². The average molecular weight is 342 g/mol.